The molecule has 3 N–H and O–H groups in total. The number of unbranched alkanes of at least 4 members (excludes halogenated alkanes) is 9. The first kappa shape index (κ1) is 51.9. The average molecular weight is 791 g/mol. The smallest absolute Gasteiger partial charge is 0.462 e. The van der Waals surface area contributed by atoms with Crippen molar-refractivity contribution in [3.63, 3.8) is 0 Å². The Morgan fingerprint density at radius 3 is 1.65 bits per heavy atom. The predicted molar refractivity (Wildman–Crippen MR) is 223 cm³/mol. The molecular weight excluding hydrogens is 719 g/mol. The third-order valence-electron chi connectivity index (χ3n) is 7.83. The highest BCUT2D eigenvalue weighted by molar-refractivity contribution is 7.47. The summed E-state index contributed by atoms with van der Waals surface area (Å²) in [5.74, 6) is -0.999. The van der Waals surface area contributed by atoms with Gasteiger partial charge in [0, 0.05) is 12.8 Å². The molecule has 3 atom stereocenters. The maximum absolute atomic E-state index is 12.6. The molecule has 0 bridgehead atoms. The Morgan fingerprint density at radius 2 is 1.04 bits per heavy atom. The first-order valence-electron chi connectivity index (χ1n) is 20.2. The van der Waals surface area contributed by atoms with Crippen molar-refractivity contribution in [3.05, 3.63) is 97.2 Å². The van der Waals surface area contributed by atoms with Crippen molar-refractivity contribution in [3.8, 4) is 0 Å². The molecule has 0 radical (unpaired) electrons. The average Bonchev–Trinajstić information content (AvgIpc) is 3.17. The van der Waals surface area contributed by atoms with Crippen LogP contribution >= 0.6 is 7.82 Å². The van der Waals surface area contributed by atoms with Crippen molar-refractivity contribution in [1.82, 2.24) is 0 Å². The number of hydrogen-bond acceptors (Lipinski definition) is 9. The first-order valence-corrected chi connectivity index (χ1v) is 21.7. The Labute approximate surface area is 332 Å². The lowest BCUT2D eigenvalue weighted by molar-refractivity contribution is -0.161. The summed E-state index contributed by atoms with van der Waals surface area (Å²) >= 11 is 0. The molecule has 0 aromatic carbocycles. The number of carbonyl (C=O) groups excluding carboxylic acids is 2. The fraction of sp³-hybridized carbons (Fsp3) is 0.591. The highest BCUT2D eigenvalue weighted by Gasteiger charge is 2.27. The van der Waals surface area contributed by atoms with Gasteiger partial charge in [-0.2, -0.15) is 0 Å². The van der Waals surface area contributed by atoms with Crippen molar-refractivity contribution >= 4 is 19.8 Å². The van der Waals surface area contributed by atoms with E-state index in [0.29, 0.717) is 12.8 Å². The molecule has 0 saturated carbocycles. The van der Waals surface area contributed by atoms with Crippen LogP contribution in [0.4, 0.5) is 0 Å². The molecule has 0 aromatic heterocycles. The van der Waals surface area contributed by atoms with Crippen molar-refractivity contribution in [2.24, 2.45) is 0 Å². The zero-order valence-electron chi connectivity index (χ0n) is 33.6. The molecule has 10 nitrogen and oxygen atoms in total. The molecule has 312 valence electrons. The molecule has 2 unspecified atom stereocenters. The van der Waals surface area contributed by atoms with Gasteiger partial charge in [0.1, 0.15) is 12.7 Å². The summed E-state index contributed by atoms with van der Waals surface area (Å²) in [7, 11) is -4.64. The Morgan fingerprint density at radius 1 is 0.564 bits per heavy atom. The summed E-state index contributed by atoms with van der Waals surface area (Å²) in [6.07, 6.45) is 46.6. The van der Waals surface area contributed by atoms with Crippen LogP contribution in [-0.4, -0.2) is 65.7 Å². The second-order valence-corrected chi connectivity index (χ2v) is 14.4. The number of phosphoric acid groups is 1. The zero-order valence-corrected chi connectivity index (χ0v) is 34.5. The summed E-state index contributed by atoms with van der Waals surface area (Å²) in [5, 5.41) is 18.3. The molecule has 0 rings (SSSR count). The number of carbonyl (C=O) groups is 2. The van der Waals surface area contributed by atoms with E-state index in [-0.39, 0.29) is 19.4 Å². The van der Waals surface area contributed by atoms with Gasteiger partial charge in [0.15, 0.2) is 6.10 Å². The van der Waals surface area contributed by atoms with Gasteiger partial charge in [-0.3, -0.25) is 18.6 Å². The predicted octanol–water partition coefficient (Wildman–Crippen LogP) is 10.4. The van der Waals surface area contributed by atoms with Crippen LogP contribution in [-0.2, 0) is 32.7 Å². The van der Waals surface area contributed by atoms with Crippen LogP contribution in [0.15, 0.2) is 97.2 Å². The molecular formula is C44H71O10P. The molecule has 55 heavy (non-hydrogen) atoms. The lowest BCUT2D eigenvalue weighted by Crippen LogP contribution is -2.29. The summed E-state index contributed by atoms with van der Waals surface area (Å²) < 4.78 is 32.6. The van der Waals surface area contributed by atoms with Crippen molar-refractivity contribution in [2.75, 3.05) is 26.4 Å². The number of rotatable bonds is 36. The Kier molecular flexibility index (Phi) is 36.9. The van der Waals surface area contributed by atoms with Crippen LogP contribution in [0.25, 0.3) is 0 Å². The number of aliphatic hydroxyl groups is 2. The third-order valence-corrected chi connectivity index (χ3v) is 8.78. The molecule has 0 saturated heterocycles. The molecule has 0 spiro atoms. The topological polar surface area (TPSA) is 149 Å². The molecule has 0 fully saturated rings. The minimum atomic E-state index is -4.64. The lowest BCUT2D eigenvalue weighted by Gasteiger charge is -2.20. The summed E-state index contributed by atoms with van der Waals surface area (Å²) in [6, 6.07) is 0. The number of esters is 2. The number of ether oxygens (including phenoxy) is 2. The van der Waals surface area contributed by atoms with Gasteiger partial charge in [-0.15, -0.1) is 0 Å². The van der Waals surface area contributed by atoms with Crippen LogP contribution in [0.3, 0.4) is 0 Å². The molecule has 0 amide bonds. The summed E-state index contributed by atoms with van der Waals surface area (Å²) in [6.45, 7) is 2.02. The Balaban J connectivity index is 4.41. The maximum atomic E-state index is 12.6. The van der Waals surface area contributed by atoms with Gasteiger partial charge < -0.3 is 24.6 Å². The number of allylic oxidation sites excluding steroid dienone is 16. The van der Waals surface area contributed by atoms with E-state index in [1.54, 1.807) is 0 Å². The molecule has 0 aliphatic heterocycles. The fourth-order valence-electron chi connectivity index (χ4n) is 4.76. The Hall–Kier alpha value is -3.11. The third kappa shape index (κ3) is 38.9. The van der Waals surface area contributed by atoms with Crippen LogP contribution in [0, 0.1) is 0 Å². The molecule has 11 heteroatoms. The van der Waals surface area contributed by atoms with E-state index in [1.165, 1.54) is 0 Å². The molecule has 0 aliphatic rings. The van der Waals surface area contributed by atoms with Crippen molar-refractivity contribution in [2.45, 2.75) is 142 Å². The van der Waals surface area contributed by atoms with Gasteiger partial charge in [0.2, 0.25) is 0 Å². The van der Waals surface area contributed by atoms with E-state index in [0.717, 1.165) is 89.9 Å². The van der Waals surface area contributed by atoms with Crippen LogP contribution in [0.2, 0.25) is 0 Å². The Bertz CT molecular complexity index is 1230. The van der Waals surface area contributed by atoms with E-state index in [9.17, 15) is 24.2 Å². The van der Waals surface area contributed by atoms with Crippen LogP contribution in [0.1, 0.15) is 129 Å². The van der Waals surface area contributed by atoms with Gasteiger partial charge >= 0.3 is 19.8 Å². The first-order chi connectivity index (χ1) is 26.7. The van der Waals surface area contributed by atoms with Gasteiger partial charge in [0.05, 0.1) is 19.8 Å². The van der Waals surface area contributed by atoms with E-state index < -0.39 is 51.8 Å². The van der Waals surface area contributed by atoms with Crippen molar-refractivity contribution in [1.29, 1.82) is 0 Å². The van der Waals surface area contributed by atoms with E-state index in [1.807, 2.05) is 36.5 Å². The molecule has 0 heterocycles. The second kappa shape index (κ2) is 39.1. The molecule has 0 aliphatic carbocycles. The standard InChI is InChI=1S/C44H71O10P/c1-3-5-7-9-11-13-15-17-18-19-20-21-22-24-25-27-29-31-33-35-43(47)51-39-42(40-53-55(49,50)52-38-41(46)37-45)54-44(48)36-34-32-30-28-26-23-16-14-12-10-8-6-4-2/h5-8,10-14,16-18,20-21,23,26,41-42,45-46H,3-4,9,15,19,22,24-25,27-40H2,1-2H3,(H,49,50)/b7-5+,8-6+,12-10+,13-11+,16-14+,18-17+,21-20+,26-23+/t41-,42?/m1/s1. The van der Waals surface area contributed by atoms with Gasteiger partial charge in [-0.25, -0.2) is 4.57 Å². The molecule has 0 aromatic rings. The monoisotopic (exact) mass is 790 g/mol. The minimum absolute atomic E-state index is 0.129. The van der Waals surface area contributed by atoms with Crippen molar-refractivity contribution < 1.29 is 47.8 Å². The largest absolute Gasteiger partial charge is 0.472 e. The minimum Gasteiger partial charge on any atom is -0.462 e. The van der Waals surface area contributed by atoms with Crippen LogP contribution < -0.4 is 0 Å². The fourth-order valence-corrected chi connectivity index (χ4v) is 5.55. The van der Waals surface area contributed by atoms with E-state index in [2.05, 4.69) is 79.1 Å². The van der Waals surface area contributed by atoms with Crippen LogP contribution in [0.5, 0.6) is 0 Å². The van der Waals surface area contributed by atoms with Gasteiger partial charge in [-0.1, -0.05) is 143 Å². The zero-order chi connectivity index (χ0) is 40.5. The normalized spacial score (nSPS) is 14.9. The number of aliphatic hydroxyl groups excluding tert-OH is 2. The highest BCUT2D eigenvalue weighted by atomic mass is 31.2. The van der Waals surface area contributed by atoms with Gasteiger partial charge in [0.25, 0.3) is 0 Å². The number of hydrogen-bond donors (Lipinski definition) is 3. The van der Waals surface area contributed by atoms with Gasteiger partial charge in [-0.05, 0) is 70.6 Å². The lowest BCUT2D eigenvalue weighted by atomic mass is 10.1. The quantitative estimate of drug-likeness (QED) is 0.0184. The van der Waals surface area contributed by atoms with E-state index >= 15 is 0 Å². The summed E-state index contributed by atoms with van der Waals surface area (Å²) in [5.41, 5.74) is 0. The SMILES string of the molecule is CC/C=C/C=C/C=C/C=C/CCCCCC(=O)OC(COC(=O)CCCCCCCC/C=C/C/C=C/C/C=C/C/C=C/CC)COP(=O)(O)OC[C@H](O)CO. The maximum Gasteiger partial charge on any atom is 0.472 e. The van der Waals surface area contributed by atoms with E-state index in [4.69, 9.17) is 19.1 Å². The highest BCUT2D eigenvalue weighted by Crippen LogP contribution is 2.43. The summed E-state index contributed by atoms with van der Waals surface area (Å²) in [4.78, 5) is 34.9. The second-order valence-electron chi connectivity index (χ2n) is 13.0. The number of phosphoric ester groups is 1.